The number of benzene rings is 1. The molecule has 1 rings (SSSR count). The first-order chi connectivity index (χ1) is 6.51. The largest absolute Gasteiger partial charge is 0.497 e. The van der Waals surface area contributed by atoms with Gasteiger partial charge in [0.15, 0.2) is 0 Å². The molecule has 0 radical (unpaired) electrons. The lowest BCUT2D eigenvalue weighted by molar-refractivity contribution is 0.409. The fourth-order valence-corrected chi connectivity index (χ4v) is 1.58. The molecular weight excluding hydrogens is 211 g/mol. The highest BCUT2D eigenvalue weighted by Gasteiger charge is 2.17. The second-order valence-electron chi connectivity index (χ2n) is 2.42. The van der Waals surface area contributed by atoms with Gasteiger partial charge in [0.2, 0.25) is 0 Å². The van der Waals surface area contributed by atoms with Gasteiger partial charge in [-0.3, -0.25) is 5.84 Å². The predicted molar refractivity (Wildman–Crippen MR) is 47.5 cm³/mol. The van der Waals surface area contributed by atoms with E-state index >= 15 is 0 Å². The molecule has 0 heterocycles. The molecule has 3 N–H and O–H groups in total. The lowest BCUT2D eigenvalue weighted by Gasteiger charge is -2.05. The van der Waals surface area contributed by atoms with Crippen molar-refractivity contribution in [2.45, 2.75) is 4.90 Å². The average molecular weight is 220 g/mol. The molecule has 7 heteroatoms. The average Bonchev–Trinajstić information content (AvgIpc) is 2.17. The van der Waals surface area contributed by atoms with Gasteiger partial charge >= 0.3 is 0 Å². The van der Waals surface area contributed by atoms with Crippen LogP contribution in [-0.4, -0.2) is 15.5 Å². The third-order valence-corrected chi connectivity index (χ3v) is 2.80. The Morgan fingerprint density at radius 3 is 2.57 bits per heavy atom. The molecule has 0 amide bonds. The number of rotatable bonds is 3. The first-order valence-electron chi connectivity index (χ1n) is 3.57. The Labute approximate surface area is 80.7 Å². The fourth-order valence-electron chi connectivity index (χ4n) is 0.890. The van der Waals surface area contributed by atoms with Crippen LogP contribution in [0, 0.1) is 5.82 Å². The molecule has 0 bridgehead atoms. The Bertz CT molecular complexity index is 433. The predicted octanol–water partition coefficient (Wildman–Crippen LogP) is -0.0137. The van der Waals surface area contributed by atoms with Crippen molar-refractivity contribution in [1.82, 2.24) is 4.83 Å². The van der Waals surface area contributed by atoms with E-state index in [1.807, 2.05) is 0 Å². The summed E-state index contributed by atoms with van der Waals surface area (Å²) in [6, 6.07) is 3.36. The Hall–Kier alpha value is -1.18. The van der Waals surface area contributed by atoms with Crippen molar-refractivity contribution in [3.8, 4) is 5.75 Å². The van der Waals surface area contributed by atoms with Crippen LogP contribution in [0.5, 0.6) is 5.75 Å². The molecule has 0 saturated carbocycles. The maximum atomic E-state index is 13.2. The zero-order chi connectivity index (χ0) is 10.8. The highest BCUT2D eigenvalue weighted by molar-refractivity contribution is 7.89. The zero-order valence-electron chi connectivity index (χ0n) is 7.32. The summed E-state index contributed by atoms with van der Waals surface area (Å²) >= 11 is 0. The highest BCUT2D eigenvalue weighted by atomic mass is 32.2. The minimum atomic E-state index is -3.96. The van der Waals surface area contributed by atoms with Gasteiger partial charge in [-0.2, -0.15) is 0 Å². The topological polar surface area (TPSA) is 81.4 Å². The van der Waals surface area contributed by atoms with Crippen LogP contribution in [0.2, 0.25) is 0 Å². The van der Waals surface area contributed by atoms with Crippen molar-refractivity contribution in [1.29, 1.82) is 0 Å². The summed E-state index contributed by atoms with van der Waals surface area (Å²) in [5.41, 5.74) is 0. The Balaban J connectivity index is 3.26. The van der Waals surface area contributed by atoms with Gasteiger partial charge in [0.25, 0.3) is 10.0 Å². The SMILES string of the molecule is COc1ccc(S(=O)(=O)NN)c(F)c1. The van der Waals surface area contributed by atoms with Crippen LogP contribution in [0.3, 0.4) is 0 Å². The van der Waals surface area contributed by atoms with E-state index < -0.39 is 20.7 Å². The number of hydrogen-bond donors (Lipinski definition) is 2. The van der Waals surface area contributed by atoms with Crippen molar-refractivity contribution < 1.29 is 17.5 Å². The lowest BCUT2D eigenvalue weighted by atomic mass is 10.3. The Morgan fingerprint density at radius 1 is 1.50 bits per heavy atom. The maximum absolute atomic E-state index is 13.2. The third kappa shape index (κ3) is 2.00. The third-order valence-electron chi connectivity index (χ3n) is 1.58. The molecule has 0 fully saturated rings. The van der Waals surface area contributed by atoms with E-state index in [9.17, 15) is 12.8 Å². The molecule has 0 atom stereocenters. The summed E-state index contributed by atoms with van der Waals surface area (Å²) < 4.78 is 40.1. The summed E-state index contributed by atoms with van der Waals surface area (Å²) in [5.74, 6) is 4.06. The number of nitrogens with one attached hydrogen (secondary N) is 1. The van der Waals surface area contributed by atoms with Gasteiger partial charge in [-0.15, -0.1) is 4.83 Å². The lowest BCUT2D eigenvalue weighted by Crippen LogP contribution is -2.30. The number of methoxy groups -OCH3 is 1. The minimum absolute atomic E-state index is 0.235. The minimum Gasteiger partial charge on any atom is -0.497 e. The second-order valence-corrected chi connectivity index (χ2v) is 4.10. The molecule has 1 aromatic carbocycles. The number of nitrogens with two attached hydrogens (primary N) is 1. The van der Waals surface area contributed by atoms with Gasteiger partial charge < -0.3 is 4.74 Å². The van der Waals surface area contributed by atoms with Gasteiger partial charge in [-0.1, -0.05) is 0 Å². The summed E-state index contributed by atoms with van der Waals surface area (Å²) in [6.45, 7) is 0. The van der Waals surface area contributed by atoms with E-state index in [0.717, 1.165) is 12.1 Å². The molecule has 5 nitrogen and oxygen atoms in total. The molecule has 78 valence electrons. The number of halogens is 1. The first-order valence-corrected chi connectivity index (χ1v) is 5.05. The van der Waals surface area contributed by atoms with Crippen molar-refractivity contribution in [3.05, 3.63) is 24.0 Å². The van der Waals surface area contributed by atoms with E-state index in [-0.39, 0.29) is 5.75 Å². The standard InChI is InChI=1S/C7H9FN2O3S/c1-13-5-2-3-7(6(8)4-5)14(11,12)10-9/h2-4,10H,9H2,1H3. The van der Waals surface area contributed by atoms with E-state index in [1.165, 1.54) is 18.0 Å². The molecule has 0 saturated heterocycles. The molecular formula is C7H9FN2O3S. The molecule has 0 spiro atoms. The van der Waals surface area contributed by atoms with Crippen LogP contribution in [-0.2, 0) is 10.0 Å². The van der Waals surface area contributed by atoms with Crippen molar-refractivity contribution in [3.63, 3.8) is 0 Å². The zero-order valence-corrected chi connectivity index (χ0v) is 8.14. The van der Waals surface area contributed by atoms with Crippen molar-refractivity contribution >= 4 is 10.0 Å². The van der Waals surface area contributed by atoms with E-state index in [2.05, 4.69) is 0 Å². The number of hydrazine groups is 1. The van der Waals surface area contributed by atoms with Gasteiger partial charge in [0, 0.05) is 6.07 Å². The maximum Gasteiger partial charge on any atom is 0.255 e. The molecule has 1 aromatic rings. The number of hydrogen-bond acceptors (Lipinski definition) is 4. The monoisotopic (exact) mass is 220 g/mol. The second kappa shape index (κ2) is 3.91. The number of sulfonamides is 1. The van der Waals surface area contributed by atoms with Gasteiger partial charge in [-0.05, 0) is 12.1 Å². The Morgan fingerprint density at radius 2 is 2.14 bits per heavy atom. The fraction of sp³-hybridized carbons (Fsp3) is 0.143. The van der Waals surface area contributed by atoms with E-state index in [1.54, 1.807) is 0 Å². The van der Waals surface area contributed by atoms with E-state index in [4.69, 9.17) is 10.6 Å². The van der Waals surface area contributed by atoms with Crippen LogP contribution in [0.25, 0.3) is 0 Å². The van der Waals surface area contributed by atoms with Crippen LogP contribution in [0.1, 0.15) is 0 Å². The normalized spacial score (nSPS) is 11.4. The van der Waals surface area contributed by atoms with Gasteiger partial charge in [0.05, 0.1) is 7.11 Å². The molecule has 0 aliphatic rings. The quantitative estimate of drug-likeness (QED) is 0.554. The summed E-state index contributed by atoms with van der Waals surface area (Å²) in [6.07, 6.45) is 0. The molecule has 14 heavy (non-hydrogen) atoms. The van der Waals surface area contributed by atoms with Gasteiger partial charge in [-0.25, -0.2) is 12.8 Å². The highest BCUT2D eigenvalue weighted by Crippen LogP contribution is 2.19. The van der Waals surface area contributed by atoms with Crippen molar-refractivity contribution in [2.75, 3.05) is 7.11 Å². The van der Waals surface area contributed by atoms with E-state index in [0.29, 0.717) is 0 Å². The molecule has 0 aliphatic heterocycles. The summed E-state index contributed by atoms with van der Waals surface area (Å²) in [7, 11) is -2.61. The van der Waals surface area contributed by atoms with Crippen LogP contribution >= 0.6 is 0 Å². The molecule has 0 aromatic heterocycles. The molecule has 0 unspecified atom stereocenters. The molecule has 0 aliphatic carbocycles. The summed E-state index contributed by atoms with van der Waals surface area (Å²) in [4.78, 5) is 1.01. The van der Waals surface area contributed by atoms with Crippen LogP contribution < -0.4 is 15.4 Å². The Kier molecular flexibility index (Phi) is 3.04. The first kappa shape index (κ1) is 10.9. The van der Waals surface area contributed by atoms with Gasteiger partial charge in [0.1, 0.15) is 16.5 Å². The summed E-state index contributed by atoms with van der Waals surface area (Å²) in [5, 5.41) is 0. The number of ether oxygens (including phenoxy) is 1. The van der Waals surface area contributed by atoms with Crippen LogP contribution in [0.4, 0.5) is 4.39 Å². The smallest absolute Gasteiger partial charge is 0.255 e. The van der Waals surface area contributed by atoms with Crippen molar-refractivity contribution in [2.24, 2.45) is 5.84 Å². The van der Waals surface area contributed by atoms with Crippen LogP contribution in [0.15, 0.2) is 23.1 Å².